The van der Waals surface area contributed by atoms with Gasteiger partial charge in [0.2, 0.25) is 10.0 Å². The Hall–Kier alpha value is -1.42. The molecule has 9 heteroatoms. The fraction of sp³-hybridized carbons (Fsp3) is 0.364. The Morgan fingerprint density at radius 2 is 2.25 bits per heavy atom. The van der Waals surface area contributed by atoms with E-state index in [0.717, 1.165) is 11.3 Å². The molecule has 0 amide bonds. The quantitative estimate of drug-likeness (QED) is 0.757. The summed E-state index contributed by atoms with van der Waals surface area (Å²) in [6, 6.07) is 3.45. The Morgan fingerprint density at radius 3 is 2.75 bits per heavy atom. The van der Waals surface area contributed by atoms with E-state index in [4.69, 9.17) is 9.56 Å². The highest BCUT2D eigenvalue weighted by Crippen LogP contribution is 2.26. The van der Waals surface area contributed by atoms with Gasteiger partial charge in [0.1, 0.15) is 17.1 Å². The molecule has 7 nitrogen and oxygen atoms in total. The van der Waals surface area contributed by atoms with Crippen LogP contribution in [0.3, 0.4) is 0 Å². The lowest BCUT2D eigenvalue weighted by molar-refractivity contribution is 0.0468. The average Bonchev–Trinajstić information content (AvgIpc) is 2.94. The van der Waals surface area contributed by atoms with Gasteiger partial charge in [-0.3, -0.25) is 0 Å². The number of nitrogens with one attached hydrogen (secondary N) is 1. The number of aromatic nitrogens is 1. The minimum Gasteiger partial charge on any atom is -0.463 e. The molecule has 1 unspecified atom stereocenters. The van der Waals surface area contributed by atoms with Crippen molar-refractivity contribution < 1.29 is 17.9 Å². The smallest absolute Gasteiger partial charge is 0.249 e. The molecule has 0 aliphatic rings. The minimum absolute atomic E-state index is 0.0338. The predicted octanol–water partition coefficient (Wildman–Crippen LogP) is 1.01. The molecule has 0 aliphatic carbocycles. The van der Waals surface area contributed by atoms with Gasteiger partial charge in [-0.15, -0.1) is 0 Å². The van der Waals surface area contributed by atoms with E-state index in [1.807, 2.05) is 0 Å². The Balaban J connectivity index is 2.07. The summed E-state index contributed by atoms with van der Waals surface area (Å²) >= 11 is 0.904. The van der Waals surface area contributed by atoms with Gasteiger partial charge in [-0.2, -0.15) is 0 Å². The highest BCUT2D eigenvalue weighted by Gasteiger charge is 2.27. The lowest BCUT2D eigenvalue weighted by atomic mass is 10.0. The van der Waals surface area contributed by atoms with Crippen LogP contribution in [-0.4, -0.2) is 25.1 Å². The molecule has 0 aromatic carbocycles. The molecule has 0 spiro atoms. The van der Waals surface area contributed by atoms with Crippen LogP contribution in [0.5, 0.6) is 0 Å². The molecule has 0 saturated heterocycles. The van der Waals surface area contributed by atoms with E-state index in [1.54, 1.807) is 26.0 Å². The maximum Gasteiger partial charge on any atom is 0.249 e. The first-order valence-electron chi connectivity index (χ1n) is 5.70. The molecule has 0 saturated carbocycles. The highest BCUT2D eigenvalue weighted by atomic mass is 32.2. The minimum atomic E-state index is -3.75. The zero-order chi connectivity index (χ0) is 15.0. The monoisotopic (exact) mass is 317 g/mol. The maximum absolute atomic E-state index is 11.1. The van der Waals surface area contributed by atoms with Crippen LogP contribution in [0.15, 0.2) is 27.0 Å². The van der Waals surface area contributed by atoms with E-state index in [9.17, 15) is 13.5 Å². The van der Waals surface area contributed by atoms with Crippen molar-refractivity contribution in [3.05, 3.63) is 29.9 Å². The number of thiazole rings is 1. The highest BCUT2D eigenvalue weighted by molar-refractivity contribution is 7.91. The van der Waals surface area contributed by atoms with Crippen molar-refractivity contribution >= 4 is 26.5 Å². The summed E-state index contributed by atoms with van der Waals surface area (Å²) in [5.74, 6) is 1.12. The first-order valence-corrected chi connectivity index (χ1v) is 8.06. The molecular formula is C11H15N3O4S2. The summed E-state index contributed by atoms with van der Waals surface area (Å²) in [7, 11) is -3.75. The van der Waals surface area contributed by atoms with E-state index < -0.39 is 15.6 Å². The van der Waals surface area contributed by atoms with Crippen LogP contribution in [0.2, 0.25) is 0 Å². The van der Waals surface area contributed by atoms with E-state index in [0.29, 0.717) is 16.7 Å². The van der Waals surface area contributed by atoms with Gasteiger partial charge >= 0.3 is 0 Å². The van der Waals surface area contributed by atoms with Crippen molar-refractivity contribution in [1.29, 1.82) is 0 Å². The number of primary sulfonamides is 1. The van der Waals surface area contributed by atoms with Crippen molar-refractivity contribution in [2.75, 3.05) is 11.9 Å². The van der Waals surface area contributed by atoms with Gasteiger partial charge in [0.05, 0.1) is 12.7 Å². The van der Waals surface area contributed by atoms with Crippen molar-refractivity contribution in [3.8, 4) is 0 Å². The molecule has 2 rings (SSSR count). The number of sulfonamides is 1. The van der Waals surface area contributed by atoms with E-state index in [1.165, 1.54) is 6.20 Å². The number of nitrogens with two attached hydrogens (primary N) is 1. The number of aryl methyl sites for hydroxylation is 1. The second kappa shape index (κ2) is 5.17. The number of anilines is 1. The lowest BCUT2D eigenvalue weighted by Crippen LogP contribution is -2.30. The van der Waals surface area contributed by atoms with Crippen LogP contribution in [0.25, 0.3) is 0 Å². The van der Waals surface area contributed by atoms with Crippen molar-refractivity contribution in [1.82, 2.24) is 4.98 Å². The Kier molecular flexibility index (Phi) is 3.87. The van der Waals surface area contributed by atoms with Crippen LogP contribution in [0, 0.1) is 6.92 Å². The van der Waals surface area contributed by atoms with E-state index in [-0.39, 0.29) is 10.8 Å². The van der Waals surface area contributed by atoms with Crippen LogP contribution in [0.4, 0.5) is 5.13 Å². The third kappa shape index (κ3) is 3.37. The molecule has 2 heterocycles. The topological polar surface area (TPSA) is 118 Å². The van der Waals surface area contributed by atoms with Gasteiger partial charge in [0, 0.05) is 0 Å². The van der Waals surface area contributed by atoms with Crippen LogP contribution in [0.1, 0.15) is 18.4 Å². The van der Waals surface area contributed by atoms with Gasteiger partial charge in [-0.25, -0.2) is 18.5 Å². The van der Waals surface area contributed by atoms with Gasteiger partial charge in [-0.1, -0.05) is 11.3 Å². The van der Waals surface area contributed by atoms with Crippen molar-refractivity contribution in [3.63, 3.8) is 0 Å². The van der Waals surface area contributed by atoms with Crippen LogP contribution in [-0.2, 0) is 15.6 Å². The maximum atomic E-state index is 11.1. The number of aliphatic hydroxyl groups is 1. The van der Waals surface area contributed by atoms with Gasteiger partial charge in [-0.05, 0) is 26.0 Å². The van der Waals surface area contributed by atoms with Crippen molar-refractivity contribution in [2.24, 2.45) is 5.14 Å². The van der Waals surface area contributed by atoms with Gasteiger partial charge < -0.3 is 14.8 Å². The average molecular weight is 317 g/mol. The lowest BCUT2D eigenvalue weighted by Gasteiger charge is -2.20. The van der Waals surface area contributed by atoms with Crippen molar-refractivity contribution in [2.45, 2.75) is 23.7 Å². The molecule has 0 bridgehead atoms. The van der Waals surface area contributed by atoms with E-state index >= 15 is 0 Å². The largest absolute Gasteiger partial charge is 0.463 e. The fourth-order valence-corrected chi connectivity index (χ4v) is 2.98. The Labute approximate surface area is 120 Å². The summed E-state index contributed by atoms with van der Waals surface area (Å²) in [4.78, 5) is 3.89. The SMILES string of the molecule is Cc1ccc(C(C)(O)CNc2ncc(S(N)(=O)=O)s2)o1. The molecule has 110 valence electrons. The normalized spacial score (nSPS) is 15.0. The standard InChI is InChI=1S/C11H15N3O4S2/c1-7-3-4-8(18-7)11(2,15)6-14-10-13-5-9(19-10)20(12,16)17/h3-5,15H,6H2,1-2H3,(H,13,14)(H2,12,16,17). The molecule has 2 aromatic rings. The molecule has 1 atom stereocenters. The second-order valence-corrected chi connectivity index (χ2v) is 7.39. The first-order chi connectivity index (χ1) is 9.18. The first kappa shape index (κ1) is 15.0. The molecule has 20 heavy (non-hydrogen) atoms. The van der Waals surface area contributed by atoms with Gasteiger partial charge in [0.15, 0.2) is 9.34 Å². The zero-order valence-corrected chi connectivity index (χ0v) is 12.6. The molecule has 2 aromatic heterocycles. The Morgan fingerprint density at radius 1 is 1.55 bits per heavy atom. The molecular weight excluding hydrogens is 302 g/mol. The molecule has 0 fully saturated rings. The van der Waals surface area contributed by atoms with Crippen LogP contribution >= 0.6 is 11.3 Å². The number of rotatable bonds is 5. The summed E-state index contributed by atoms with van der Waals surface area (Å²) in [5.41, 5.74) is -1.23. The van der Waals surface area contributed by atoms with Crippen LogP contribution < -0.4 is 10.5 Å². The third-order valence-corrected chi connectivity index (χ3v) is 4.98. The Bertz CT molecular complexity index is 703. The number of nitrogens with zero attached hydrogens (tertiary/aromatic N) is 1. The van der Waals surface area contributed by atoms with E-state index in [2.05, 4.69) is 10.3 Å². The zero-order valence-electron chi connectivity index (χ0n) is 11.0. The number of furan rings is 1. The summed E-state index contributed by atoms with van der Waals surface area (Å²) in [6.45, 7) is 3.50. The predicted molar refractivity (Wildman–Crippen MR) is 75.0 cm³/mol. The molecule has 4 N–H and O–H groups in total. The number of hydrogen-bond acceptors (Lipinski definition) is 7. The van der Waals surface area contributed by atoms with Gasteiger partial charge in [0.25, 0.3) is 0 Å². The summed E-state index contributed by atoms with van der Waals surface area (Å²) in [6.07, 6.45) is 1.17. The molecule has 0 radical (unpaired) electrons. The summed E-state index contributed by atoms with van der Waals surface area (Å²) < 4.78 is 27.6. The molecule has 0 aliphatic heterocycles. The summed E-state index contributed by atoms with van der Waals surface area (Å²) in [5, 5.41) is 18.5. The third-order valence-electron chi connectivity index (χ3n) is 2.62. The fourth-order valence-electron chi connectivity index (χ4n) is 1.53. The number of hydrogen-bond donors (Lipinski definition) is 3. The second-order valence-electron chi connectivity index (χ2n) is 4.57.